The van der Waals surface area contributed by atoms with Crippen LogP contribution in [0.3, 0.4) is 0 Å². The highest BCUT2D eigenvalue weighted by Crippen LogP contribution is 2.09. The van der Waals surface area contributed by atoms with E-state index >= 15 is 0 Å². The van der Waals surface area contributed by atoms with E-state index in [9.17, 15) is 4.79 Å². The maximum Gasteiger partial charge on any atom is 0.217 e. The Morgan fingerprint density at radius 2 is 2.38 bits per heavy atom. The number of nitrogens with zero attached hydrogens (tertiary/aromatic N) is 2. The highest BCUT2D eigenvalue weighted by atomic mass is 35.5. The minimum atomic E-state index is -0.113. The molecule has 1 amide bonds. The normalized spacial score (nSPS) is 9.77. The zero-order valence-electron chi connectivity index (χ0n) is 7.47. The topological polar surface area (TPSA) is 54.9 Å². The van der Waals surface area contributed by atoms with Crippen LogP contribution in [-0.2, 0) is 11.3 Å². The predicted octanol–water partition coefficient (Wildman–Crippen LogP) is 1.07. The van der Waals surface area contributed by atoms with Gasteiger partial charge in [0, 0.05) is 13.1 Å². The Hall–Kier alpha value is -1.16. The van der Waals surface area contributed by atoms with Gasteiger partial charge in [-0.1, -0.05) is 11.6 Å². The van der Waals surface area contributed by atoms with Crippen LogP contribution in [0.4, 0.5) is 0 Å². The van der Waals surface area contributed by atoms with Gasteiger partial charge in [-0.15, -0.1) is 0 Å². The fourth-order valence-corrected chi connectivity index (χ4v) is 1.05. The number of carbonyl (C=O) groups is 1. The summed E-state index contributed by atoms with van der Waals surface area (Å²) in [5.74, 6) is -0.113. The lowest BCUT2D eigenvalue weighted by Crippen LogP contribution is -2.20. The number of aromatic nitrogens is 2. The quantitative estimate of drug-likeness (QED) is 0.776. The summed E-state index contributed by atoms with van der Waals surface area (Å²) in [7, 11) is 0. The molecular formula is C8H10ClN3O. The summed E-state index contributed by atoms with van der Waals surface area (Å²) in [6.07, 6.45) is 1.61. The van der Waals surface area contributed by atoms with Crippen LogP contribution in [0.15, 0.2) is 6.20 Å². The van der Waals surface area contributed by atoms with Crippen molar-refractivity contribution < 1.29 is 4.79 Å². The molecule has 13 heavy (non-hydrogen) atoms. The van der Waals surface area contributed by atoms with Gasteiger partial charge < -0.3 is 5.32 Å². The third-order valence-corrected chi connectivity index (χ3v) is 1.73. The molecule has 0 atom stereocenters. The fourth-order valence-electron chi connectivity index (χ4n) is 0.800. The zero-order chi connectivity index (χ0) is 9.84. The van der Waals surface area contributed by atoms with E-state index in [2.05, 4.69) is 15.3 Å². The molecule has 1 aromatic heterocycles. The molecule has 1 aromatic rings. The lowest BCUT2D eigenvalue weighted by molar-refractivity contribution is -0.119. The SMILES string of the molecule is CC(=O)NCc1ncc(C)nc1Cl. The number of aryl methyl sites for hydroxylation is 1. The molecule has 0 aliphatic carbocycles. The molecule has 0 aliphatic heterocycles. The highest BCUT2D eigenvalue weighted by molar-refractivity contribution is 6.30. The van der Waals surface area contributed by atoms with Crippen molar-refractivity contribution in [1.29, 1.82) is 0 Å². The smallest absolute Gasteiger partial charge is 0.217 e. The molecule has 0 saturated carbocycles. The van der Waals surface area contributed by atoms with Gasteiger partial charge in [0.25, 0.3) is 0 Å². The maximum atomic E-state index is 10.6. The Kier molecular flexibility index (Phi) is 3.19. The van der Waals surface area contributed by atoms with Crippen molar-refractivity contribution in [3.8, 4) is 0 Å². The molecular weight excluding hydrogens is 190 g/mol. The van der Waals surface area contributed by atoms with Gasteiger partial charge in [0.05, 0.1) is 17.9 Å². The minimum absolute atomic E-state index is 0.113. The van der Waals surface area contributed by atoms with Gasteiger partial charge in [0.2, 0.25) is 5.91 Å². The number of hydrogen-bond acceptors (Lipinski definition) is 3. The van der Waals surface area contributed by atoms with E-state index in [4.69, 9.17) is 11.6 Å². The molecule has 0 saturated heterocycles. The van der Waals surface area contributed by atoms with E-state index in [0.717, 1.165) is 5.69 Å². The van der Waals surface area contributed by atoms with Crippen molar-refractivity contribution in [2.45, 2.75) is 20.4 Å². The van der Waals surface area contributed by atoms with E-state index in [1.54, 1.807) is 13.1 Å². The summed E-state index contributed by atoms with van der Waals surface area (Å²) in [5, 5.41) is 2.94. The second kappa shape index (κ2) is 4.18. The van der Waals surface area contributed by atoms with E-state index < -0.39 is 0 Å². The van der Waals surface area contributed by atoms with Crippen molar-refractivity contribution in [2.75, 3.05) is 0 Å². The van der Waals surface area contributed by atoms with Crippen LogP contribution in [0.2, 0.25) is 5.15 Å². The number of rotatable bonds is 2. The summed E-state index contributed by atoms with van der Waals surface area (Å²) in [5.41, 5.74) is 1.35. The van der Waals surface area contributed by atoms with Crippen molar-refractivity contribution in [2.24, 2.45) is 0 Å². The summed E-state index contributed by atoms with van der Waals surface area (Å²) < 4.78 is 0. The first-order chi connectivity index (χ1) is 6.09. The van der Waals surface area contributed by atoms with E-state index in [1.165, 1.54) is 6.92 Å². The molecule has 0 spiro atoms. The van der Waals surface area contributed by atoms with Crippen LogP contribution >= 0.6 is 11.6 Å². The second-order valence-electron chi connectivity index (χ2n) is 2.66. The van der Waals surface area contributed by atoms with Crippen molar-refractivity contribution in [3.05, 3.63) is 22.7 Å². The van der Waals surface area contributed by atoms with Crippen LogP contribution < -0.4 is 5.32 Å². The van der Waals surface area contributed by atoms with Gasteiger partial charge in [-0.2, -0.15) is 0 Å². The zero-order valence-corrected chi connectivity index (χ0v) is 8.22. The molecule has 1 heterocycles. The molecule has 1 rings (SSSR count). The molecule has 4 nitrogen and oxygen atoms in total. The van der Waals surface area contributed by atoms with Gasteiger partial charge in [0.1, 0.15) is 0 Å². The molecule has 0 aliphatic rings. The molecule has 0 fully saturated rings. The van der Waals surface area contributed by atoms with Crippen molar-refractivity contribution in [3.63, 3.8) is 0 Å². The predicted molar refractivity (Wildman–Crippen MR) is 49.3 cm³/mol. The van der Waals surface area contributed by atoms with Crippen LogP contribution in [-0.4, -0.2) is 15.9 Å². The first-order valence-electron chi connectivity index (χ1n) is 3.82. The Morgan fingerprint density at radius 3 is 2.92 bits per heavy atom. The first-order valence-corrected chi connectivity index (χ1v) is 4.20. The Labute approximate surface area is 81.3 Å². The molecule has 0 aromatic carbocycles. The van der Waals surface area contributed by atoms with Crippen molar-refractivity contribution >= 4 is 17.5 Å². The van der Waals surface area contributed by atoms with Gasteiger partial charge in [-0.25, -0.2) is 4.98 Å². The third-order valence-electron chi connectivity index (χ3n) is 1.42. The fraction of sp³-hybridized carbons (Fsp3) is 0.375. The molecule has 70 valence electrons. The van der Waals surface area contributed by atoms with Gasteiger partial charge in [-0.05, 0) is 6.92 Å². The number of halogens is 1. The highest BCUT2D eigenvalue weighted by Gasteiger charge is 2.03. The van der Waals surface area contributed by atoms with Gasteiger partial charge >= 0.3 is 0 Å². The Morgan fingerprint density at radius 1 is 1.69 bits per heavy atom. The largest absolute Gasteiger partial charge is 0.351 e. The number of nitrogens with one attached hydrogen (secondary N) is 1. The average molecular weight is 200 g/mol. The van der Waals surface area contributed by atoms with Gasteiger partial charge in [-0.3, -0.25) is 9.78 Å². The monoisotopic (exact) mass is 199 g/mol. The molecule has 0 bridgehead atoms. The number of amides is 1. The van der Waals surface area contributed by atoms with Crippen molar-refractivity contribution in [1.82, 2.24) is 15.3 Å². The van der Waals surface area contributed by atoms with Gasteiger partial charge in [0.15, 0.2) is 5.15 Å². The maximum absolute atomic E-state index is 10.6. The Balaban J connectivity index is 2.72. The molecule has 5 heteroatoms. The minimum Gasteiger partial charge on any atom is -0.351 e. The van der Waals surface area contributed by atoms with Crippen LogP contribution in [0.1, 0.15) is 18.3 Å². The average Bonchev–Trinajstić information content (AvgIpc) is 2.02. The molecule has 0 unspecified atom stereocenters. The third kappa shape index (κ3) is 2.99. The van der Waals surface area contributed by atoms with Crippen LogP contribution in [0, 0.1) is 6.92 Å². The van der Waals surface area contributed by atoms with E-state index in [-0.39, 0.29) is 5.91 Å². The van der Waals surface area contributed by atoms with E-state index in [0.29, 0.717) is 17.4 Å². The van der Waals surface area contributed by atoms with Crippen LogP contribution in [0.25, 0.3) is 0 Å². The lowest BCUT2D eigenvalue weighted by Gasteiger charge is -2.03. The summed E-state index contributed by atoms with van der Waals surface area (Å²) in [4.78, 5) is 18.6. The lowest BCUT2D eigenvalue weighted by atomic mass is 10.4. The summed E-state index contributed by atoms with van der Waals surface area (Å²) >= 11 is 5.79. The molecule has 0 radical (unpaired) electrons. The van der Waals surface area contributed by atoms with Crippen LogP contribution in [0.5, 0.6) is 0 Å². The Bertz CT molecular complexity index is 327. The second-order valence-corrected chi connectivity index (χ2v) is 3.02. The summed E-state index contributed by atoms with van der Waals surface area (Å²) in [6.45, 7) is 3.57. The number of hydrogen-bond donors (Lipinski definition) is 1. The molecule has 1 N–H and O–H groups in total. The first kappa shape index (κ1) is 9.92. The summed E-state index contributed by atoms with van der Waals surface area (Å²) in [6, 6.07) is 0. The number of carbonyl (C=O) groups excluding carboxylic acids is 1. The standard InChI is InChI=1S/C8H10ClN3O/c1-5-3-11-7(8(9)12-5)4-10-6(2)13/h3H,4H2,1-2H3,(H,10,13). The van der Waals surface area contributed by atoms with E-state index in [1.807, 2.05) is 0 Å².